The van der Waals surface area contributed by atoms with Crippen molar-refractivity contribution in [1.82, 2.24) is 15.2 Å². The molecule has 0 amide bonds. The number of nitrogens with zero attached hydrogens (tertiary/aromatic N) is 3. The molecule has 14 heavy (non-hydrogen) atoms. The SMILES string of the molecule is C=CCSc1nnc(C(C)C)c(O)n1. The van der Waals surface area contributed by atoms with Crippen LogP contribution >= 0.6 is 11.8 Å². The Bertz CT molecular complexity index is 328. The first-order valence-corrected chi connectivity index (χ1v) is 5.31. The van der Waals surface area contributed by atoms with Crippen LogP contribution in [0.4, 0.5) is 0 Å². The number of rotatable bonds is 4. The number of hydrogen-bond acceptors (Lipinski definition) is 5. The molecule has 0 aliphatic heterocycles. The molecular formula is C9H13N3OS. The Kier molecular flexibility index (Phi) is 3.88. The zero-order valence-corrected chi connectivity index (χ0v) is 9.08. The minimum atomic E-state index is -0.0263. The molecule has 76 valence electrons. The van der Waals surface area contributed by atoms with Crippen molar-refractivity contribution in [3.63, 3.8) is 0 Å². The maximum atomic E-state index is 9.51. The Morgan fingerprint density at radius 2 is 2.21 bits per heavy atom. The van der Waals surface area contributed by atoms with Gasteiger partial charge in [-0.2, -0.15) is 4.98 Å². The molecular weight excluding hydrogens is 198 g/mol. The zero-order chi connectivity index (χ0) is 10.6. The van der Waals surface area contributed by atoms with Gasteiger partial charge in [0, 0.05) is 11.7 Å². The predicted molar refractivity (Wildman–Crippen MR) is 56.5 cm³/mol. The average molecular weight is 211 g/mol. The molecule has 0 unspecified atom stereocenters. The van der Waals surface area contributed by atoms with Crippen LogP contribution in [0.3, 0.4) is 0 Å². The topological polar surface area (TPSA) is 58.9 Å². The van der Waals surface area contributed by atoms with E-state index in [1.54, 1.807) is 6.08 Å². The molecule has 0 fully saturated rings. The van der Waals surface area contributed by atoms with Gasteiger partial charge in [-0.1, -0.05) is 31.7 Å². The summed E-state index contributed by atoms with van der Waals surface area (Å²) in [6.07, 6.45) is 1.75. The van der Waals surface area contributed by atoms with E-state index in [-0.39, 0.29) is 11.8 Å². The second kappa shape index (κ2) is 4.95. The van der Waals surface area contributed by atoms with Gasteiger partial charge in [0.05, 0.1) is 0 Å². The molecule has 1 rings (SSSR count). The molecule has 0 aliphatic rings. The van der Waals surface area contributed by atoms with E-state index in [4.69, 9.17) is 0 Å². The Hall–Kier alpha value is -1.10. The van der Waals surface area contributed by atoms with Crippen LogP contribution in [0, 0.1) is 0 Å². The van der Waals surface area contributed by atoms with Gasteiger partial charge in [0.1, 0.15) is 5.69 Å². The molecule has 0 saturated carbocycles. The zero-order valence-electron chi connectivity index (χ0n) is 8.27. The quantitative estimate of drug-likeness (QED) is 0.609. The van der Waals surface area contributed by atoms with Crippen molar-refractivity contribution >= 4 is 11.8 Å². The molecule has 1 aromatic rings. The fourth-order valence-corrected chi connectivity index (χ4v) is 1.40. The van der Waals surface area contributed by atoms with Gasteiger partial charge in [-0.3, -0.25) is 0 Å². The van der Waals surface area contributed by atoms with Crippen molar-refractivity contribution in [3.8, 4) is 5.88 Å². The minimum absolute atomic E-state index is 0.0263. The van der Waals surface area contributed by atoms with Crippen LogP contribution in [0.2, 0.25) is 0 Å². The first-order valence-electron chi connectivity index (χ1n) is 4.32. The summed E-state index contributed by atoms with van der Waals surface area (Å²) in [4.78, 5) is 3.93. The van der Waals surface area contributed by atoms with Gasteiger partial charge in [0.15, 0.2) is 0 Å². The Labute approximate surface area is 87.5 Å². The van der Waals surface area contributed by atoms with E-state index in [1.165, 1.54) is 11.8 Å². The van der Waals surface area contributed by atoms with Crippen LogP contribution in [0.25, 0.3) is 0 Å². The van der Waals surface area contributed by atoms with Gasteiger partial charge in [0.25, 0.3) is 0 Å². The number of aromatic nitrogens is 3. The summed E-state index contributed by atoms with van der Waals surface area (Å²) in [5.41, 5.74) is 0.535. The summed E-state index contributed by atoms with van der Waals surface area (Å²) in [7, 11) is 0. The summed E-state index contributed by atoms with van der Waals surface area (Å²) in [6.45, 7) is 7.45. The summed E-state index contributed by atoms with van der Waals surface area (Å²) < 4.78 is 0. The van der Waals surface area contributed by atoms with Crippen LogP contribution in [0.5, 0.6) is 5.88 Å². The van der Waals surface area contributed by atoms with Crippen molar-refractivity contribution < 1.29 is 5.11 Å². The van der Waals surface area contributed by atoms with Crippen molar-refractivity contribution in [2.45, 2.75) is 24.9 Å². The van der Waals surface area contributed by atoms with E-state index in [2.05, 4.69) is 21.8 Å². The Morgan fingerprint density at radius 3 is 2.71 bits per heavy atom. The summed E-state index contributed by atoms with van der Waals surface area (Å²) in [5, 5.41) is 17.8. The van der Waals surface area contributed by atoms with E-state index in [0.29, 0.717) is 16.6 Å². The third kappa shape index (κ3) is 2.70. The van der Waals surface area contributed by atoms with E-state index in [1.807, 2.05) is 13.8 Å². The molecule has 0 aromatic carbocycles. The molecule has 0 saturated heterocycles. The van der Waals surface area contributed by atoms with Crippen molar-refractivity contribution in [3.05, 3.63) is 18.3 Å². The number of thioether (sulfide) groups is 1. The van der Waals surface area contributed by atoms with Gasteiger partial charge in [-0.15, -0.1) is 16.8 Å². The number of aromatic hydroxyl groups is 1. The van der Waals surface area contributed by atoms with Gasteiger partial charge in [0.2, 0.25) is 11.0 Å². The van der Waals surface area contributed by atoms with Crippen LogP contribution in [0.15, 0.2) is 17.8 Å². The number of hydrogen-bond donors (Lipinski definition) is 1. The highest BCUT2D eigenvalue weighted by molar-refractivity contribution is 7.99. The molecule has 0 spiro atoms. The largest absolute Gasteiger partial charge is 0.492 e. The highest BCUT2D eigenvalue weighted by atomic mass is 32.2. The average Bonchev–Trinajstić information content (AvgIpc) is 2.14. The molecule has 5 heteroatoms. The third-order valence-electron chi connectivity index (χ3n) is 1.55. The van der Waals surface area contributed by atoms with Crippen molar-refractivity contribution in [2.24, 2.45) is 0 Å². The molecule has 4 nitrogen and oxygen atoms in total. The lowest BCUT2D eigenvalue weighted by Crippen LogP contribution is -2.00. The van der Waals surface area contributed by atoms with Gasteiger partial charge in [-0.25, -0.2) is 0 Å². The molecule has 1 aromatic heterocycles. The van der Waals surface area contributed by atoms with E-state index in [0.717, 1.165) is 0 Å². The highest BCUT2D eigenvalue weighted by Gasteiger charge is 2.10. The molecule has 1 heterocycles. The molecule has 0 bridgehead atoms. The normalized spacial score (nSPS) is 10.5. The highest BCUT2D eigenvalue weighted by Crippen LogP contribution is 2.22. The third-order valence-corrected chi connectivity index (χ3v) is 2.38. The maximum absolute atomic E-state index is 9.51. The first kappa shape index (κ1) is 11.0. The standard InChI is InChI=1S/C9H13N3OS/c1-4-5-14-9-10-8(13)7(6(2)3)11-12-9/h4,6H,1,5H2,2-3H3,(H,10,12,13). The van der Waals surface area contributed by atoms with Crippen LogP contribution < -0.4 is 0 Å². The maximum Gasteiger partial charge on any atom is 0.237 e. The Morgan fingerprint density at radius 1 is 1.50 bits per heavy atom. The second-order valence-corrected chi connectivity index (χ2v) is 4.04. The van der Waals surface area contributed by atoms with Gasteiger partial charge >= 0.3 is 0 Å². The first-order chi connectivity index (χ1) is 6.65. The summed E-state index contributed by atoms with van der Waals surface area (Å²) >= 11 is 1.39. The smallest absolute Gasteiger partial charge is 0.237 e. The van der Waals surface area contributed by atoms with Crippen LogP contribution in [0.1, 0.15) is 25.5 Å². The minimum Gasteiger partial charge on any atom is -0.492 e. The summed E-state index contributed by atoms with van der Waals surface area (Å²) in [5.74, 6) is 0.817. The Balaban J connectivity index is 2.83. The fraction of sp³-hybridized carbons (Fsp3) is 0.444. The van der Waals surface area contributed by atoms with Crippen LogP contribution in [-0.4, -0.2) is 26.0 Å². The molecule has 0 atom stereocenters. The second-order valence-electron chi connectivity index (χ2n) is 3.06. The lowest BCUT2D eigenvalue weighted by atomic mass is 10.1. The van der Waals surface area contributed by atoms with Crippen molar-refractivity contribution in [1.29, 1.82) is 0 Å². The van der Waals surface area contributed by atoms with Crippen LogP contribution in [-0.2, 0) is 0 Å². The predicted octanol–water partition coefficient (Wildman–Crippen LogP) is 1.98. The summed E-state index contributed by atoms with van der Waals surface area (Å²) in [6, 6.07) is 0. The lowest BCUT2D eigenvalue weighted by Gasteiger charge is -2.05. The van der Waals surface area contributed by atoms with Gasteiger partial charge in [-0.05, 0) is 0 Å². The van der Waals surface area contributed by atoms with Gasteiger partial charge < -0.3 is 5.11 Å². The van der Waals surface area contributed by atoms with E-state index < -0.39 is 0 Å². The molecule has 0 radical (unpaired) electrons. The lowest BCUT2D eigenvalue weighted by molar-refractivity contribution is 0.424. The molecule has 1 N–H and O–H groups in total. The van der Waals surface area contributed by atoms with Crippen molar-refractivity contribution in [2.75, 3.05) is 5.75 Å². The van der Waals surface area contributed by atoms with E-state index in [9.17, 15) is 5.11 Å². The van der Waals surface area contributed by atoms with E-state index >= 15 is 0 Å². The molecule has 0 aliphatic carbocycles. The monoisotopic (exact) mass is 211 g/mol. The fourth-order valence-electron chi connectivity index (χ4n) is 0.880.